The number of benzene rings is 2. The van der Waals surface area contributed by atoms with Gasteiger partial charge >= 0.3 is 0 Å². The second-order valence-corrected chi connectivity index (χ2v) is 6.84. The lowest BCUT2D eigenvalue weighted by molar-refractivity contribution is -0.132. The summed E-state index contributed by atoms with van der Waals surface area (Å²) >= 11 is 0. The zero-order chi connectivity index (χ0) is 18.9. The van der Waals surface area contributed by atoms with Crippen molar-refractivity contribution in [2.24, 2.45) is 0 Å². The van der Waals surface area contributed by atoms with Gasteiger partial charge in [-0.3, -0.25) is 9.69 Å². The van der Waals surface area contributed by atoms with Gasteiger partial charge in [0, 0.05) is 39.1 Å². The molecule has 2 aromatic rings. The van der Waals surface area contributed by atoms with Crippen molar-refractivity contribution in [1.29, 1.82) is 0 Å². The highest BCUT2D eigenvalue weighted by molar-refractivity contribution is 5.76. The van der Waals surface area contributed by atoms with Crippen LogP contribution in [0.3, 0.4) is 0 Å². The number of ether oxygens (including phenoxy) is 1. The molecule has 1 aliphatic heterocycles. The van der Waals surface area contributed by atoms with Crippen molar-refractivity contribution in [3.8, 4) is 5.75 Å². The fraction of sp³-hybridized carbons (Fsp3) is 0.348. The average molecular weight is 364 g/mol. The summed E-state index contributed by atoms with van der Waals surface area (Å²) in [7, 11) is 1.66. The van der Waals surface area contributed by atoms with Gasteiger partial charge in [0.05, 0.1) is 7.11 Å². The standard InChI is InChI=1S/C23H28N2O2/c1-27-22-12-9-21(10-13-22)11-14-23(26)25-18-16-24(17-19-25)15-5-8-20-6-3-2-4-7-20/h2-10,12-13H,11,14-19H2,1H3. The minimum absolute atomic E-state index is 0.255. The Kier molecular flexibility index (Phi) is 7.05. The van der Waals surface area contributed by atoms with Gasteiger partial charge in [-0.1, -0.05) is 54.6 Å². The molecule has 0 saturated carbocycles. The van der Waals surface area contributed by atoms with Crippen LogP contribution >= 0.6 is 0 Å². The summed E-state index contributed by atoms with van der Waals surface area (Å²) in [4.78, 5) is 16.9. The summed E-state index contributed by atoms with van der Waals surface area (Å²) in [5.74, 6) is 1.10. The summed E-state index contributed by atoms with van der Waals surface area (Å²) in [5, 5.41) is 0. The van der Waals surface area contributed by atoms with Crippen LogP contribution in [0.2, 0.25) is 0 Å². The normalized spacial score (nSPS) is 15.2. The van der Waals surface area contributed by atoms with Crippen molar-refractivity contribution in [3.63, 3.8) is 0 Å². The number of piperazine rings is 1. The number of methoxy groups -OCH3 is 1. The summed E-state index contributed by atoms with van der Waals surface area (Å²) < 4.78 is 5.17. The molecule has 0 radical (unpaired) electrons. The Morgan fingerprint density at radius 2 is 1.70 bits per heavy atom. The minimum Gasteiger partial charge on any atom is -0.497 e. The smallest absolute Gasteiger partial charge is 0.222 e. The molecule has 1 aliphatic rings. The summed E-state index contributed by atoms with van der Waals surface area (Å²) in [6, 6.07) is 18.3. The van der Waals surface area contributed by atoms with Gasteiger partial charge in [-0.25, -0.2) is 0 Å². The molecule has 1 heterocycles. The number of nitrogens with zero attached hydrogens (tertiary/aromatic N) is 2. The molecule has 1 amide bonds. The third-order valence-electron chi connectivity index (χ3n) is 4.99. The molecular formula is C23H28N2O2. The van der Waals surface area contributed by atoms with E-state index in [2.05, 4.69) is 41.3 Å². The maximum Gasteiger partial charge on any atom is 0.222 e. The molecule has 4 heteroatoms. The van der Waals surface area contributed by atoms with Gasteiger partial charge < -0.3 is 9.64 Å². The Bertz CT molecular complexity index is 733. The Morgan fingerprint density at radius 3 is 2.37 bits per heavy atom. The van der Waals surface area contributed by atoms with Crippen molar-refractivity contribution in [2.75, 3.05) is 39.8 Å². The first-order valence-electron chi connectivity index (χ1n) is 9.59. The van der Waals surface area contributed by atoms with Gasteiger partial charge in [0.1, 0.15) is 5.75 Å². The van der Waals surface area contributed by atoms with Crippen LogP contribution in [0.25, 0.3) is 6.08 Å². The van der Waals surface area contributed by atoms with Gasteiger partial charge in [0.15, 0.2) is 0 Å². The van der Waals surface area contributed by atoms with Crippen LogP contribution in [0.5, 0.6) is 5.75 Å². The van der Waals surface area contributed by atoms with Gasteiger partial charge in [0.25, 0.3) is 0 Å². The molecule has 0 aliphatic carbocycles. The molecule has 142 valence electrons. The zero-order valence-electron chi connectivity index (χ0n) is 16.0. The van der Waals surface area contributed by atoms with E-state index in [1.54, 1.807) is 7.11 Å². The van der Waals surface area contributed by atoms with E-state index in [0.29, 0.717) is 6.42 Å². The highest BCUT2D eigenvalue weighted by Crippen LogP contribution is 2.13. The first-order valence-corrected chi connectivity index (χ1v) is 9.59. The third-order valence-corrected chi connectivity index (χ3v) is 4.99. The molecule has 1 saturated heterocycles. The van der Waals surface area contributed by atoms with E-state index in [1.165, 1.54) is 11.1 Å². The van der Waals surface area contributed by atoms with Crippen molar-refractivity contribution in [1.82, 2.24) is 9.80 Å². The van der Waals surface area contributed by atoms with Crippen molar-refractivity contribution < 1.29 is 9.53 Å². The Labute approximate surface area is 162 Å². The number of hydrogen-bond acceptors (Lipinski definition) is 3. The molecular weight excluding hydrogens is 336 g/mol. The quantitative estimate of drug-likeness (QED) is 0.754. The summed E-state index contributed by atoms with van der Waals surface area (Å²) in [6.45, 7) is 4.45. The molecule has 3 rings (SSSR count). The van der Waals surface area contributed by atoms with Crippen LogP contribution < -0.4 is 4.74 Å². The largest absolute Gasteiger partial charge is 0.497 e. The van der Waals surface area contributed by atoms with E-state index in [0.717, 1.165) is 44.9 Å². The van der Waals surface area contributed by atoms with E-state index in [-0.39, 0.29) is 5.91 Å². The number of amides is 1. The Balaban J connectivity index is 1.37. The van der Waals surface area contributed by atoms with Gasteiger partial charge in [-0.05, 0) is 29.7 Å². The van der Waals surface area contributed by atoms with Crippen molar-refractivity contribution >= 4 is 12.0 Å². The highest BCUT2D eigenvalue weighted by Gasteiger charge is 2.20. The SMILES string of the molecule is COc1ccc(CCC(=O)N2CCN(CC=Cc3ccccc3)CC2)cc1. The van der Waals surface area contributed by atoms with Crippen LogP contribution in [0.1, 0.15) is 17.5 Å². The average Bonchev–Trinajstić information content (AvgIpc) is 2.73. The number of aryl methyl sites for hydroxylation is 1. The van der Waals surface area contributed by atoms with E-state index in [4.69, 9.17) is 4.74 Å². The van der Waals surface area contributed by atoms with Crippen LogP contribution in [0, 0.1) is 0 Å². The minimum atomic E-state index is 0.255. The first-order chi connectivity index (χ1) is 13.2. The lowest BCUT2D eigenvalue weighted by Crippen LogP contribution is -2.48. The maximum absolute atomic E-state index is 12.5. The van der Waals surface area contributed by atoms with Crippen molar-refractivity contribution in [2.45, 2.75) is 12.8 Å². The first kappa shape index (κ1) is 19.2. The number of rotatable bonds is 7. The number of carbonyl (C=O) groups is 1. The lowest BCUT2D eigenvalue weighted by atomic mass is 10.1. The second kappa shape index (κ2) is 9.93. The van der Waals surface area contributed by atoms with Gasteiger partial charge in [-0.2, -0.15) is 0 Å². The predicted octanol–water partition coefficient (Wildman–Crippen LogP) is 3.49. The topological polar surface area (TPSA) is 32.8 Å². The Hall–Kier alpha value is -2.59. The van der Waals surface area contributed by atoms with Crippen LogP contribution in [0.15, 0.2) is 60.7 Å². The molecule has 2 aromatic carbocycles. The number of hydrogen-bond donors (Lipinski definition) is 0. The molecule has 1 fully saturated rings. The van der Waals surface area contributed by atoms with E-state index in [1.807, 2.05) is 35.2 Å². The molecule has 4 nitrogen and oxygen atoms in total. The van der Waals surface area contributed by atoms with E-state index < -0.39 is 0 Å². The third kappa shape index (κ3) is 5.97. The monoisotopic (exact) mass is 364 g/mol. The van der Waals surface area contributed by atoms with E-state index >= 15 is 0 Å². The molecule has 0 spiro atoms. The maximum atomic E-state index is 12.5. The summed E-state index contributed by atoms with van der Waals surface area (Å²) in [6.07, 6.45) is 5.71. The predicted molar refractivity (Wildman–Crippen MR) is 110 cm³/mol. The van der Waals surface area contributed by atoms with Crippen molar-refractivity contribution in [3.05, 3.63) is 71.8 Å². The molecule has 0 aromatic heterocycles. The van der Waals surface area contributed by atoms with Crippen LogP contribution in [-0.4, -0.2) is 55.5 Å². The fourth-order valence-corrected chi connectivity index (χ4v) is 3.28. The molecule has 0 unspecified atom stereocenters. The van der Waals surface area contributed by atoms with Gasteiger partial charge in [-0.15, -0.1) is 0 Å². The number of carbonyl (C=O) groups excluding carboxylic acids is 1. The van der Waals surface area contributed by atoms with Gasteiger partial charge in [0.2, 0.25) is 5.91 Å². The lowest BCUT2D eigenvalue weighted by Gasteiger charge is -2.34. The molecule has 0 atom stereocenters. The highest BCUT2D eigenvalue weighted by atomic mass is 16.5. The molecule has 27 heavy (non-hydrogen) atoms. The zero-order valence-corrected chi connectivity index (χ0v) is 16.0. The fourth-order valence-electron chi connectivity index (χ4n) is 3.28. The second-order valence-electron chi connectivity index (χ2n) is 6.84. The van der Waals surface area contributed by atoms with E-state index in [9.17, 15) is 4.79 Å². The van der Waals surface area contributed by atoms with Crippen LogP contribution in [0.4, 0.5) is 0 Å². The Morgan fingerprint density at radius 1 is 1.00 bits per heavy atom. The molecule has 0 bridgehead atoms. The van der Waals surface area contributed by atoms with Crippen LogP contribution in [-0.2, 0) is 11.2 Å². The molecule has 0 N–H and O–H groups in total. The summed E-state index contributed by atoms with van der Waals surface area (Å²) in [5.41, 5.74) is 2.40.